The summed E-state index contributed by atoms with van der Waals surface area (Å²) in [6.45, 7) is 1.09. The minimum absolute atomic E-state index is 0.163. The minimum Gasteiger partial charge on any atom is -0.352 e. The molecule has 0 amide bonds. The van der Waals surface area contributed by atoms with Crippen molar-refractivity contribution in [1.82, 2.24) is 9.55 Å². The van der Waals surface area contributed by atoms with Gasteiger partial charge in [0.15, 0.2) is 0 Å². The van der Waals surface area contributed by atoms with Gasteiger partial charge in [0.2, 0.25) is 0 Å². The Hall–Kier alpha value is -1.64. The van der Waals surface area contributed by atoms with E-state index in [-0.39, 0.29) is 5.56 Å². The number of aromatic amines is 1. The van der Waals surface area contributed by atoms with Crippen LogP contribution < -0.4 is 11.2 Å². The third-order valence-corrected chi connectivity index (χ3v) is 2.37. The van der Waals surface area contributed by atoms with Crippen LogP contribution in [0.15, 0.2) is 15.8 Å². The van der Waals surface area contributed by atoms with E-state index in [9.17, 15) is 27.2 Å². The molecule has 1 heterocycles. The van der Waals surface area contributed by atoms with Gasteiger partial charge >= 0.3 is 18.0 Å². The summed E-state index contributed by atoms with van der Waals surface area (Å²) in [5.41, 5.74) is -1.33. The Morgan fingerprint density at radius 1 is 1.42 bits per heavy atom. The number of hydrogen-bond donors (Lipinski definition) is 1. The normalized spacial score (nSPS) is 13.8. The third-order valence-electron chi connectivity index (χ3n) is 2.37. The van der Waals surface area contributed by atoms with Crippen LogP contribution in [0.2, 0.25) is 0 Å². The lowest BCUT2D eigenvalue weighted by Crippen LogP contribution is -2.37. The number of halogens is 4. The largest absolute Gasteiger partial charge is 0.352 e. The van der Waals surface area contributed by atoms with Crippen LogP contribution in [-0.2, 0) is 4.74 Å². The number of ether oxygens (including phenoxy) is 1. The quantitative estimate of drug-likeness (QED) is 0.828. The smallest absolute Gasteiger partial charge is 0.330 e. The Morgan fingerprint density at radius 2 is 2.00 bits per heavy atom. The summed E-state index contributed by atoms with van der Waals surface area (Å²) in [7, 11) is 0. The van der Waals surface area contributed by atoms with E-state index in [0.29, 0.717) is 0 Å². The highest BCUT2D eigenvalue weighted by Crippen LogP contribution is 2.24. The van der Waals surface area contributed by atoms with E-state index < -0.39 is 36.4 Å². The van der Waals surface area contributed by atoms with Crippen molar-refractivity contribution >= 4 is 0 Å². The molecule has 0 spiro atoms. The summed E-state index contributed by atoms with van der Waals surface area (Å²) in [6, 6.07) is 0. The van der Waals surface area contributed by atoms with Crippen molar-refractivity contribution in [2.45, 2.75) is 32.4 Å². The lowest BCUT2D eigenvalue weighted by atomic mass is 10.3. The fourth-order valence-electron chi connectivity index (χ4n) is 1.23. The molecule has 9 heteroatoms. The fourth-order valence-corrected chi connectivity index (χ4v) is 1.23. The first-order valence-corrected chi connectivity index (χ1v) is 5.25. The summed E-state index contributed by atoms with van der Waals surface area (Å²) in [4.78, 5) is 24.4. The average Bonchev–Trinajstić information content (AvgIpc) is 2.30. The molecule has 0 saturated carbocycles. The zero-order valence-corrected chi connectivity index (χ0v) is 10.1. The van der Waals surface area contributed by atoms with Gasteiger partial charge in [-0.05, 0) is 13.8 Å². The molecule has 1 N–H and O–H groups in total. The number of nitrogens with zero attached hydrogens (tertiary/aromatic N) is 1. The molecule has 0 radical (unpaired) electrons. The van der Waals surface area contributed by atoms with Gasteiger partial charge in [0.25, 0.3) is 5.56 Å². The van der Waals surface area contributed by atoms with Crippen LogP contribution in [0.3, 0.4) is 0 Å². The molecule has 0 unspecified atom stereocenters. The van der Waals surface area contributed by atoms with Crippen molar-refractivity contribution in [2.24, 2.45) is 0 Å². The Balaban J connectivity index is 2.85. The SMILES string of the molecule is Cc1cn([C@@H](C)OCC(F)(F)C(F)F)c(=O)[nH]c1=O. The summed E-state index contributed by atoms with van der Waals surface area (Å²) in [6.07, 6.45) is -3.96. The second-order valence-corrected chi connectivity index (χ2v) is 3.95. The van der Waals surface area contributed by atoms with Crippen LogP contribution in [0, 0.1) is 6.92 Å². The number of nitrogens with one attached hydrogen (secondary N) is 1. The van der Waals surface area contributed by atoms with E-state index in [1.165, 1.54) is 13.8 Å². The third kappa shape index (κ3) is 3.66. The summed E-state index contributed by atoms with van der Waals surface area (Å²) in [5.74, 6) is -4.30. The molecular weight excluding hydrogens is 272 g/mol. The molecule has 1 atom stereocenters. The van der Waals surface area contributed by atoms with E-state index in [1.54, 1.807) is 0 Å². The molecule has 0 aliphatic carbocycles. The maximum Gasteiger partial charge on any atom is 0.330 e. The molecule has 0 fully saturated rings. The topological polar surface area (TPSA) is 64.1 Å². The first-order chi connectivity index (χ1) is 8.65. The molecule has 1 aromatic rings. The van der Waals surface area contributed by atoms with Gasteiger partial charge in [-0.2, -0.15) is 8.78 Å². The highest BCUT2D eigenvalue weighted by molar-refractivity contribution is 5.01. The van der Waals surface area contributed by atoms with Crippen molar-refractivity contribution in [3.05, 3.63) is 32.6 Å². The number of rotatable bonds is 5. The number of H-pyrrole nitrogens is 1. The number of alkyl halides is 4. The van der Waals surface area contributed by atoms with Crippen LogP contribution in [0.4, 0.5) is 17.6 Å². The molecule has 0 aliphatic rings. The molecule has 0 bridgehead atoms. The molecule has 1 aromatic heterocycles. The van der Waals surface area contributed by atoms with Crippen molar-refractivity contribution < 1.29 is 22.3 Å². The highest BCUT2D eigenvalue weighted by Gasteiger charge is 2.41. The average molecular weight is 284 g/mol. The lowest BCUT2D eigenvalue weighted by molar-refractivity contribution is -0.182. The van der Waals surface area contributed by atoms with Gasteiger partial charge in [-0.3, -0.25) is 14.3 Å². The molecule has 0 aromatic carbocycles. The Bertz CT molecular complexity index is 552. The van der Waals surface area contributed by atoms with E-state index in [4.69, 9.17) is 0 Å². The van der Waals surface area contributed by atoms with E-state index in [2.05, 4.69) is 4.74 Å². The first kappa shape index (κ1) is 15.4. The maximum absolute atomic E-state index is 12.6. The van der Waals surface area contributed by atoms with Crippen LogP contribution in [0.25, 0.3) is 0 Å². The van der Waals surface area contributed by atoms with Gasteiger partial charge < -0.3 is 4.74 Å². The first-order valence-electron chi connectivity index (χ1n) is 5.25. The molecule has 0 saturated heterocycles. The Morgan fingerprint density at radius 3 is 2.53 bits per heavy atom. The monoisotopic (exact) mass is 284 g/mol. The van der Waals surface area contributed by atoms with E-state index >= 15 is 0 Å². The van der Waals surface area contributed by atoms with Crippen molar-refractivity contribution in [3.8, 4) is 0 Å². The molecular formula is C10H12F4N2O3. The molecule has 5 nitrogen and oxygen atoms in total. The standard InChI is InChI=1S/C10H12F4N2O3/c1-5-3-16(9(18)15-7(5)17)6(2)19-4-10(13,14)8(11)12/h3,6,8H,4H2,1-2H3,(H,15,17,18)/t6-/m1/s1. The van der Waals surface area contributed by atoms with E-state index in [0.717, 1.165) is 10.8 Å². The van der Waals surface area contributed by atoms with Crippen molar-refractivity contribution in [1.29, 1.82) is 0 Å². The number of aryl methyl sites for hydroxylation is 1. The van der Waals surface area contributed by atoms with Gasteiger partial charge in [0, 0.05) is 11.8 Å². The molecule has 108 valence electrons. The molecule has 1 rings (SSSR count). The number of aromatic nitrogens is 2. The van der Waals surface area contributed by atoms with Gasteiger partial charge in [0.05, 0.1) is 0 Å². The van der Waals surface area contributed by atoms with Crippen LogP contribution in [0.1, 0.15) is 18.7 Å². The highest BCUT2D eigenvalue weighted by atomic mass is 19.3. The zero-order valence-electron chi connectivity index (χ0n) is 10.1. The predicted molar refractivity (Wildman–Crippen MR) is 57.7 cm³/mol. The van der Waals surface area contributed by atoms with E-state index in [1.807, 2.05) is 4.98 Å². The zero-order chi connectivity index (χ0) is 14.8. The summed E-state index contributed by atoms with van der Waals surface area (Å²) < 4.78 is 54.5. The van der Waals surface area contributed by atoms with Gasteiger partial charge in [-0.1, -0.05) is 0 Å². The Kier molecular flexibility index (Phi) is 4.51. The second-order valence-electron chi connectivity index (χ2n) is 3.95. The maximum atomic E-state index is 12.6. The van der Waals surface area contributed by atoms with Gasteiger partial charge in [0.1, 0.15) is 12.8 Å². The summed E-state index contributed by atoms with van der Waals surface area (Å²) >= 11 is 0. The van der Waals surface area contributed by atoms with Gasteiger partial charge in [-0.25, -0.2) is 13.6 Å². The lowest BCUT2D eigenvalue weighted by Gasteiger charge is -2.20. The molecule has 0 aliphatic heterocycles. The van der Waals surface area contributed by atoms with Crippen LogP contribution in [0.5, 0.6) is 0 Å². The number of hydrogen-bond acceptors (Lipinski definition) is 3. The second kappa shape index (κ2) is 5.55. The van der Waals surface area contributed by atoms with Crippen molar-refractivity contribution in [3.63, 3.8) is 0 Å². The van der Waals surface area contributed by atoms with Crippen LogP contribution >= 0.6 is 0 Å². The summed E-state index contributed by atoms with van der Waals surface area (Å²) in [5, 5.41) is 0. The van der Waals surface area contributed by atoms with Crippen LogP contribution in [-0.4, -0.2) is 28.5 Å². The Labute approximate surface area is 104 Å². The van der Waals surface area contributed by atoms with Gasteiger partial charge in [-0.15, -0.1) is 0 Å². The molecule has 19 heavy (non-hydrogen) atoms. The minimum atomic E-state index is -4.30. The fraction of sp³-hybridized carbons (Fsp3) is 0.600. The predicted octanol–water partition coefficient (Wildman–Crippen LogP) is 1.28. The van der Waals surface area contributed by atoms with Crippen molar-refractivity contribution in [2.75, 3.05) is 6.61 Å².